The minimum Gasteiger partial charge on any atom is -0.197 e. The fourth-order valence-corrected chi connectivity index (χ4v) is 1.72. The van der Waals surface area contributed by atoms with Crippen LogP contribution in [0.5, 0.6) is 0 Å². The van der Waals surface area contributed by atoms with Crippen molar-refractivity contribution in [3.05, 3.63) is 12.2 Å². The van der Waals surface area contributed by atoms with Crippen LogP contribution in [-0.2, 0) is 0 Å². The topological polar surface area (TPSA) is 0 Å². The third-order valence-electron chi connectivity index (χ3n) is 2.17. The van der Waals surface area contributed by atoms with Crippen molar-refractivity contribution in [2.45, 2.75) is 19.3 Å². The van der Waals surface area contributed by atoms with Gasteiger partial charge in [0.15, 0.2) is 0 Å². The Morgan fingerprint density at radius 2 is 1.50 bits per heavy atom. The van der Waals surface area contributed by atoms with Crippen molar-refractivity contribution in [2.24, 2.45) is 11.8 Å². The van der Waals surface area contributed by atoms with Crippen molar-refractivity contribution in [1.29, 1.82) is 0 Å². The number of hydrogen-bond donors (Lipinski definition) is 0. The molecule has 2 bridgehead atoms. The molecule has 0 radical (unpaired) electrons. The average Bonchev–Trinajstić information content (AvgIpc) is 2.22. The van der Waals surface area contributed by atoms with Crippen LogP contribution in [0.25, 0.3) is 0 Å². The van der Waals surface area contributed by atoms with Crippen molar-refractivity contribution in [3.8, 4) is 0 Å². The molecule has 0 aromatic rings. The maximum atomic E-state index is 2.38. The Balaban J connectivity index is 0.000000320. The van der Waals surface area contributed by atoms with E-state index in [9.17, 15) is 0 Å². The zero-order valence-corrected chi connectivity index (χ0v) is 5.93. The Morgan fingerprint density at radius 1 is 1.00 bits per heavy atom. The van der Waals surface area contributed by atoms with Crippen molar-refractivity contribution >= 4 is 13.5 Å². The summed E-state index contributed by atoms with van der Waals surface area (Å²) in [6.45, 7) is 0. The second kappa shape index (κ2) is 2.14. The van der Waals surface area contributed by atoms with Gasteiger partial charge >= 0.3 is 0 Å². The molecule has 0 aliphatic heterocycles. The van der Waals surface area contributed by atoms with Crippen LogP contribution in [0.1, 0.15) is 19.3 Å². The van der Waals surface area contributed by atoms with E-state index in [1.807, 2.05) is 0 Å². The highest BCUT2D eigenvalue weighted by Crippen LogP contribution is 2.38. The van der Waals surface area contributed by atoms with Gasteiger partial charge in [-0.1, -0.05) is 12.2 Å². The third kappa shape index (κ3) is 0.795. The van der Waals surface area contributed by atoms with E-state index < -0.39 is 0 Å². The smallest absolute Gasteiger partial charge is 0.0228 e. The Labute approximate surface area is 57.4 Å². The van der Waals surface area contributed by atoms with E-state index in [0.717, 1.165) is 11.8 Å². The van der Waals surface area contributed by atoms with Crippen molar-refractivity contribution < 1.29 is 0 Å². The van der Waals surface area contributed by atoms with Gasteiger partial charge in [0.25, 0.3) is 0 Å². The molecule has 1 heteroatoms. The van der Waals surface area contributed by atoms with Gasteiger partial charge in [-0.05, 0) is 31.1 Å². The van der Waals surface area contributed by atoms with Crippen LogP contribution in [-0.4, -0.2) is 0 Å². The lowest BCUT2D eigenvalue weighted by atomic mass is 10.1. The van der Waals surface area contributed by atoms with Gasteiger partial charge in [-0.3, -0.25) is 0 Å². The van der Waals surface area contributed by atoms with Crippen LogP contribution in [0.15, 0.2) is 12.2 Å². The molecule has 0 aromatic heterocycles. The molecule has 1 saturated carbocycles. The summed E-state index contributed by atoms with van der Waals surface area (Å²) in [6, 6.07) is 0. The predicted molar refractivity (Wildman–Crippen MR) is 40.4 cm³/mol. The molecule has 2 atom stereocenters. The van der Waals surface area contributed by atoms with Gasteiger partial charge in [0.2, 0.25) is 0 Å². The summed E-state index contributed by atoms with van der Waals surface area (Å²) in [4.78, 5) is 0. The van der Waals surface area contributed by atoms with Crippen LogP contribution in [0.4, 0.5) is 0 Å². The van der Waals surface area contributed by atoms with Crippen LogP contribution in [0.3, 0.4) is 0 Å². The second-order valence-corrected chi connectivity index (χ2v) is 2.72. The van der Waals surface area contributed by atoms with Gasteiger partial charge in [-0.2, -0.15) is 13.5 Å². The third-order valence-corrected chi connectivity index (χ3v) is 2.17. The second-order valence-electron chi connectivity index (χ2n) is 2.72. The fraction of sp³-hybridized carbons (Fsp3) is 0.714. The van der Waals surface area contributed by atoms with E-state index in [4.69, 9.17) is 0 Å². The van der Waals surface area contributed by atoms with Crippen molar-refractivity contribution in [3.63, 3.8) is 0 Å². The Kier molecular flexibility index (Phi) is 1.66. The van der Waals surface area contributed by atoms with E-state index >= 15 is 0 Å². The summed E-state index contributed by atoms with van der Waals surface area (Å²) in [5.74, 6) is 1.98. The van der Waals surface area contributed by atoms with Crippen LogP contribution >= 0.6 is 13.5 Å². The Bertz CT molecular complexity index is 95.0. The van der Waals surface area contributed by atoms with Gasteiger partial charge < -0.3 is 0 Å². The van der Waals surface area contributed by atoms with E-state index in [1.165, 1.54) is 19.3 Å². The molecule has 0 heterocycles. The van der Waals surface area contributed by atoms with Gasteiger partial charge in [0.1, 0.15) is 0 Å². The molecule has 2 rings (SSSR count). The molecule has 0 spiro atoms. The summed E-state index contributed by atoms with van der Waals surface area (Å²) < 4.78 is 0. The van der Waals surface area contributed by atoms with E-state index in [-0.39, 0.29) is 13.5 Å². The quantitative estimate of drug-likeness (QED) is 0.438. The maximum Gasteiger partial charge on any atom is -0.0228 e. The number of fused-ring (bicyclic) bond motifs is 2. The lowest BCUT2D eigenvalue weighted by Crippen LogP contribution is -1.82. The standard InChI is InChI=1S/C7H10.H2S/c1-2-7-4-3-6(1)5-7;/h1-2,6-7H,3-5H2;1H2. The first kappa shape index (κ1) is 6.21. The molecular weight excluding hydrogens is 116 g/mol. The molecule has 0 amide bonds. The Morgan fingerprint density at radius 3 is 1.62 bits per heavy atom. The van der Waals surface area contributed by atoms with Crippen molar-refractivity contribution in [1.82, 2.24) is 0 Å². The van der Waals surface area contributed by atoms with Crippen LogP contribution in [0.2, 0.25) is 0 Å². The lowest BCUT2D eigenvalue weighted by molar-refractivity contribution is 0.691. The van der Waals surface area contributed by atoms with Gasteiger partial charge in [-0.25, -0.2) is 0 Å². The summed E-state index contributed by atoms with van der Waals surface area (Å²) in [7, 11) is 0. The van der Waals surface area contributed by atoms with Gasteiger partial charge in [-0.15, -0.1) is 0 Å². The molecule has 1 fully saturated rings. The van der Waals surface area contributed by atoms with Crippen molar-refractivity contribution in [2.75, 3.05) is 0 Å². The number of hydrogen-bond acceptors (Lipinski definition) is 0. The minimum absolute atomic E-state index is 0. The number of rotatable bonds is 0. The summed E-state index contributed by atoms with van der Waals surface area (Å²) in [6.07, 6.45) is 9.19. The maximum absolute atomic E-state index is 2.38. The highest BCUT2D eigenvalue weighted by Gasteiger charge is 2.25. The van der Waals surface area contributed by atoms with E-state index in [0.29, 0.717) is 0 Å². The molecule has 8 heavy (non-hydrogen) atoms. The minimum atomic E-state index is 0. The highest BCUT2D eigenvalue weighted by molar-refractivity contribution is 7.59. The van der Waals surface area contributed by atoms with Gasteiger partial charge in [0.05, 0.1) is 0 Å². The molecule has 0 N–H and O–H groups in total. The zero-order chi connectivity index (χ0) is 4.69. The zero-order valence-electron chi connectivity index (χ0n) is 4.93. The number of allylic oxidation sites excluding steroid dienone is 2. The molecule has 46 valence electrons. The largest absolute Gasteiger partial charge is 0.197 e. The highest BCUT2D eigenvalue weighted by atomic mass is 32.1. The summed E-state index contributed by atoms with van der Waals surface area (Å²) in [5, 5.41) is 0. The first-order valence-corrected chi connectivity index (χ1v) is 3.13. The molecule has 2 aliphatic carbocycles. The fourth-order valence-electron chi connectivity index (χ4n) is 1.72. The molecule has 2 unspecified atom stereocenters. The molecule has 0 nitrogen and oxygen atoms in total. The SMILES string of the molecule is C1=CC2CCC1C2.S. The molecule has 0 saturated heterocycles. The molecule has 0 aromatic carbocycles. The summed E-state index contributed by atoms with van der Waals surface area (Å²) >= 11 is 0. The average molecular weight is 128 g/mol. The Hall–Kier alpha value is 0.0900. The monoisotopic (exact) mass is 128 g/mol. The first-order valence-electron chi connectivity index (χ1n) is 3.13. The lowest BCUT2D eigenvalue weighted by Gasteiger charge is -1.96. The van der Waals surface area contributed by atoms with Gasteiger partial charge in [0, 0.05) is 0 Å². The van der Waals surface area contributed by atoms with E-state index in [2.05, 4.69) is 12.2 Å². The molecular formula is C7H12S. The first-order chi connectivity index (χ1) is 3.45. The summed E-state index contributed by atoms with van der Waals surface area (Å²) in [5.41, 5.74) is 0. The van der Waals surface area contributed by atoms with E-state index in [1.54, 1.807) is 0 Å². The predicted octanol–water partition coefficient (Wildman–Crippen LogP) is 2.09. The molecule has 2 aliphatic rings. The normalized spacial score (nSPS) is 40.0. The van der Waals surface area contributed by atoms with Crippen LogP contribution in [0, 0.1) is 11.8 Å². The van der Waals surface area contributed by atoms with Crippen LogP contribution < -0.4 is 0 Å².